The molecule has 1 aromatic rings. The third-order valence-corrected chi connectivity index (χ3v) is 4.88. The quantitative estimate of drug-likeness (QED) is 0.640. The predicted molar refractivity (Wildman–Crippen MR) is 92.7 cm³/mol. The summed E-state index contributed by atoms with van der Waals surface area (Å²) in [5, 5.41) is 23.4. The Labute approximate surface area is 146 Å². The summed E-state index contributed by atoms with van der Waals surface area (Å²) in [6, 6.07) is 2.43. The third kappa shape index (κ3) is 4.55. The Morgan fingerprint density at radius 3 is 2.36 bits per heavy atom. The maximum absolute atomic E-state index is 12.7. The van der Waals surface area contributed by atoms with Gasteiger partial charge in [0, 0.05) is 23.2 Å². The van der Waals surface area contributed by atoms with Crippen LogP contribution in [0, 0.1) is 29.9 Å². The number of carbonyl (C=O) groups is 2. The SMILES string of the molecule is Cc1cc(C)c([N+](=O)[O-])cc1C(=O)NC1CCCCCCC1C(=O)O. The van der Waals surface area contributed by atoms with Crippen molar-refractivity contribution in [3.05, 3.63) is 38.9 Å². The van der Waals surface area contributed by atoms with Crippen LogP contribution < -0.4 is 5.32 Å². The second-order valence-electron chi connectivity index (χ2n) is 6.73. The van der Waals surface area contributed by atoms with Gasteiger partial charge in [0.15, 0.2) is 0 Å². The monoisotopic (exact) mass is 348 g/mol. The first kappa shape index (κ1) is 18.9. The van der Waals surface area contributed by atoms with Gasteiger partial charge in [0.05, 0.1) is 10.8 Å². The fraction of sp³-hybridized carbons (Fsp3) is 0.556. The Kier molecular flexibility index (Phi) is 6.12. The van der Waals surface area contributed by atoms with Gasteiger partial charge in [-0.1, -0.05) is 25.7 Å². The van der Waals surface area contributed by atoms with Crippen LogP contribution in [0.3, 0.4) is 0 Å². The molecule has 1 fully saturated rings. The number of nitrogens with one attached hydrogen (secondary N) is 1. The third-order valence-electron chi connectivity index (χ3n) is 4.88. The number of rotatable bonds is 4. The van der Waals surface area contributed by atoms with Crippen molar-refractivity contribution in [2.24, 2.45) is 5.92 Å². The lowest BCUT2D eigenvalue weighted by atomic mass is 9.86. The Bertz CT molecular complexity index is 686. The molecule has 2 N–H and O–H groups in total. The lowest BCUT2D eigenvalue weighted by Gasteiger charge is -2.27. The Morgan fingerprint density at radius 2 is 1.76 bits per heavy atom. The molecule has 7 nitrogen and oxygen atoms in total. The van der Waals surface area contributed by atoms with Crippen LogP contribution in [0.5, 0.6) is 0 Å². The molecule has 2 atom stereocenters. The first-order chi connectivity index (χ1) is 11.8. The highest BCUT2D eigenvalue weighted by molar-refractivity contribution is 5.97. The second-order valence-corrected chi connectivity index (χ2v) is 6.73. The molecule has 136 valence electrons. The highest BCUT2D eigenvalue weighted by atomic mass is 16.6. The zero-order valence-electron chi connectivity index (χ0n) is 14.6. The van der Waals surface area contributed by atoms with Gasteiger partial charge in [-0.05, 0) is 38.3 Å². The number of carboxylic acids is 1. The average Bonchev–Trinajstić information content (AvgIpc) is 2.49. The maximum Gasteiger partial charge on any atom is 0.308 e. The van der Waals surface area contributed by atoms with Gasteiger partial charge < -0.3 is 10.4 Å². The van der Waals surface area contributed by atoms with Crippen LogP contribution in [-0.4, -0.2) is 27.9 Å². The molecule has 0 spiro atoms. The average molecular weight is 348 g/mol. The van der Waals surface area contributed by atoms with Gasteiger partial charge in [-0.15, -0.1) is 0 Å². The standard InChI is InChI=1S/C18H24N2O5/c1-11-9-12(2)16(20(24)25)10-14(11)17(21)19-15-8-6-4-3-5-7-13(15)18(22)23/h9-10,13,15H,3-8H2,1-2H3,(H,19,21)(H,22,23). The Balaban J connectivity index is 2.25. The van der Waals surface area contributed by atoms with Crippen molar-refractivity contribution >= 4 is 17.6 Å². The number of carbonyl (C=O) groups excluding carboxylic acids is 1. The van der Waals surface area contributed by atoms with E-state index in [0.717, 1.165) is 25.7 Å². The molecular weight excluding hydrogens is 324 g/mol. The molecule has 0 heterocycles. The van der Waals surface area contributed by atoms with Crippen molar-refractivity contribution in [3.8, 4) is 0 Å². The van der Waals surface area contributed by atoms with E-state index in [1.807, 2.05) is 0 Å². The summed E-state index contributed by atoms with van der Waals surface area (Å²) in [5.74, 6) is -1.97. The first-order valence-corrected chi connectivity index (χ1v) is 8.60. The number of carboxylic acid groups (broad SMARTS) is 1. The van der Waals surface area contributed by atoms with Crippen LogP contribution in [0.25, 0.3) is 0 Å². The molecule has 2 unspecified atom stereocenters. The van der Waals surface area contributed by atoms with Crippen molar-refractivity contribution in [1.29, 1.82) is 0 Å². The second kappa shape index (κ2) is 8.09. The van der Waals surface area contributed by atoms with Gasteiger partial charge in [0.1, 0.15) is 0 Å². The summed E-state index contributed by atoms with van der Waals surface area (Å²) in [4.78, 5) is 34.8. The van der Waals surface area contributed by atoms with Crippen molar-refractivity contribution in [2.75, 3.05) is 0 Å². The van der Waals surface area contributed by atoms with Gasteiger partial charge in [-0.25, -0.2) is 0 Å². The van der Waals surface area contributed by atoms with E-state index in [2.05, 4.69) is 5.32 Å². The van der Waals surface area contributed by atoms with Gasteiger partial charge >= 0.3 is 5.97 Å². The Morgan fingerprint density at radius 1 is 1.12 bits per heavy atom. The minimum Gasteiger partial charge on any atom is -0.481 e. The van der Waals surface area contributed by atoms with E-state index in [1.165, 1.54) is 6.07 Å². The van der Waals surface area contributed by atoms with E-state index in [0.29, 0.717) is 24.0 Å². The summed E-state index contributed by atoms with van der Waals surface area (Å²) < 4.78 is 0. The van der Waals surface area contributed by atoms with Gasteiger partial charge in [0.25, 0.3) is 11.6 Å². The predicted octanol–water partition coefficient (Wildman–Crippen LogP) is 3.37. The van der Waals surface area contributed by atoms with E-state index in [9.17, 15) is 24.8 Å². The number of nitro benzene ring substituents is 1. The molecule has 7 heteroatoms. The number of amides is 1. The number of nitrogens with zero attached hydrogens (tertiary/aromatic N) is 1. The molecule has 1 saturated carbocycles. The van der Waals surface area contributed by atoms with Gasteiger partial charge in [-0.3, -0.25) is 19.7 Å². The lowest BCUT2D eigenvalue weighted by molar-refractivity contribution is -0.385. The smallest absolute Gasteiger partial charge is 0.308 e. The van der Waals surface area contributed by atoms with E-state index < -0.39 is 28.8 Å². The van der Waals surface area contributed by atoms with E-state index in [1.54, 1.807) is 19.9 Å². The molecule has 1 amide bonds. The van der Waals surface area contributed by atoms with Gasteiger partial charge in [0.2, 0.25) is 0 Å². The Hall–Kier alpha value is -2.44. The molecule has 1 aliphatic rings. The number of benzene rings is 1. The van der Waals surface area contributed by atoms with Crippen molar-refractivity contribution < 1.29 is 19.6 Å². The van der Waals surface area contributed by atoms with Crippen LogP contribution in [0.1, 0.15) is 60.0 Å². The van der Waals surface area contributed by atoms with Crippen LogP contribution in [0.2, 0.25) is 0 Å². The van der Waals surface area contributed by atoms with Gasteiger partial charge in [-0.2, -0.15) is 0 Å². The fourth-order valence-electron chi connectivity index (χ4n) is 3.48. The van der Waals surface area contributed by atoms with E-state index in [4.69, 9.17) is 0 Å². The highest BCUT2D eigenvalue weighted by Crippen LogP contribution is 2.26. The number of aryl methyl sites for hydroxylation is 2. The normalized spacial score (nSPS) is 21.0. The summed E-state index contributed by atoms with van der Waals surface area (Å²) >= 11 is 0. The molecule has 0 radical (unpaired) electrons. The van der Waals surface area contributed by atoms with Crippen molar-refractivity contribution in [1.82, 2.24) is 5.32 Å². The lowest BCUT2D eigenvalue weighted by Crippen LogP contribution is -2.44. The zero-order valence-corrected chi connectivity index (χ0v) is 14.6. The van der Waals surface area contributed by atoms with Crippen LogP contribution in [0.15, 0.2) is 12.1 Å². The number of hydrogen-bond donors (Lipinski definition) is 2. The van der Waals surface area contributed by atoms with E-state index in [-0.39, 0.29) is 11.3 Å². The highest BCUT2D eigenvalue weighted by Gasteiger charge is 2.30. The molecule has 0 bridgehead atoms. The molecule has 25 heavy (non-hydrogen) atoms. The van der Waals surface area contributed by atoms with Crippen molar-refractivity contribution in [3.63, 3.8) is 0 Å². The summed E-state index contributed by atoms with van der Waals surface area (Å²) in [6.45, 7) is 3.35. The molecule has 1 aliphatic carbocycles. The minimum absolute atomic E-state index is 0.108. The fourth-order valence-corrected chi connectivity index (χ4v) is 3.48. The molecule has 2 rings (SSSR count). The van der Waals surface area contributed by atoms with Crippen LogP contribution in [0.4, 0.5) is 5.69 Å². The van der Waals surface area contributed by atoms with E-state index >= 15 is 0 Å². The first-order valence-electron chi connectivity index (χ1n) is 8.60. The summed E-state index contributed by atoms with van der Waals surface area (Å²) in [6.07, 6.45) is 4.87. The molecular formula is C18H24N2O5. The van der Waals surface area contributed by atoms with Crippen molar-refractivity contribution in [2.45, 2.75) is 58.4 Å². The maximum atomic E-state index is 12.7. The molecule has 0 aliphatic heterocycles. The largest absolute Gasteiger partial charge is 0.481 e. The van der Waals surface area contributed by atoms with Crippen LogP contribution >= 0.6 is 0 Å². The minimum atomic E-state index is -0.904. The summed E-state index contributed by atoms with van der Waals surface area (Å²) in [5.41, 5.74) is 1.25. The number of hydrogen-bond acceptors (Lipinski definition) is 4. The molecule has 0 saturated heterocycles. The topological polar surface area (TPSA) is 110 Å². The van der Waals surface area contributed by atoms with Crippen LogP contribution in [-0.2, 0) is 4.79 Å². The number of nitro groups is 1. The molecule has 1 aromatic carbocycles. The summed E-state index contributed by atoms with van der Waals surface area (Å²) in [7, 11) is 0. The number of aliphatic carboxylic acids is 1. The molecule has 0 aromatic heterocycles. The zero-order chi connectivity index (χ0) is 18.6.